The standard InChI is InChI=1S/C54H34N8/c1-5-19-35(20-6-1)49-55-50(36-21-7-2-8-22-36)58-53(57-49)41-29-15-18-32-46(41)61-44-30-16-13-27-39(44)42-33-43-40-28-14-17-31-45(40)62(48(43)34-47(42)61)54-59-51(37-23-9-3-10-24-37)56-52(60-54)38-25-11-4-12-26-38/h1-34H. The molecule has 290 valence electrons. The maximum absolute atomic E-state index is 5.21. The molecule has 0 amide bonds. The summed E-state index contributed by atoms with van der Waals surface area (Å²) in [4.78, 5) is 30.7. The first-order valence-electron chi connectivity index (χ1n) is 20.6. The first kappa shape index (κ1) is 35.3. The maximum atomic E-state index is 5.21. The van der Waals surface area contributed by atoms with Gasteiger partial charge in [-0.1, -0.05) is 170 Å². The molecule has 62 heavy (non-hydrogen) atoms. The Balaban J connectivity index is 1.14. The van der Waals surface area contributed by atoms with Crippen LogP contribution < -0.4 is 0 Å². The van der Waals surface area contributed by atoms with Gasteiger partial charge in [0.1, 0.15) is 0 Å². The number of fused-ring (bicyclic) bond motifs is 6. The van der Waals surface area contributed by atoms with E-state index in [1.165, 1.54) is 0 Å². The van der Waals surface area contributed by atoms with Crippen molar-refractivity contribution in [1.29, 1.82) is 0 Å². The van der Waals surface area contributed by atoms with E-state index in [-0.39, 0.29) is 0 Å². The summed E-state index contributed by atoms with van der Waals surface area (Å²) in [6, 6.07) is 70.5. The van der Waals surface area contributed by atoms with E-state index in [2.05, 4.69) is 88.0 Å². The van der Waals surface area contributed by atoms with E-state index in [4.69, 9.17) is 29.9 Å². The van der Waals surface area contributed by atoms with E-state index in [1.807, 2.05) is 127 Å². The molecule has 0 atom stereocenters. The van der Waals surface area contributed by atoms with Gasteiger partial charge in [0.2, 0.25) is 5.95 Å². The van der Waals surface area contributed by atoms with Crippen molar-refractivity contribution in [2.45, 2.75) is 0 Å². The Morgan fingerprint density at radius 1 is 0.258 bits per heavy atom. The second kappa shape index (κ2) is 14.6. The molecule has 12 aromatic rings. The Labute approximate surface area is 356 Å². The smallest absolute Gasteiger partial charge is 0.238 e. The van der Waals surface area contributed by atoms with Crippen molar-refractivity contribution < 1.29 is 0 Å². The zero-order valence-electron chi connectivity index (χ0n) is 33.2. The number of para-hydroxylation sites is 3. The Kier molecular flexibility index (Phi) is 8.31. The van der Waals surface area contributed by atoms with Crippen molar-refractivity contribution in [1.82, 2.24) is 39.0 Å². The van der Waals surface area contributed by atoms with E-state index in [1.54, 1.807) is 0 Å². The molecule has 0 bridgehead atoms. The maximum Gasteiger partial charge on any atom is 0.238 e. The zero-order chi connectivity index (χ0) is 41.0. The highest BCUT2D eigenvalue weighted by atomic mass is 15.2. The largest absolute Gasteiger partial charge is 0.308 e. The third kappa shape index (κ3) is 5.92. The van der Waals surface area contributed by atoms with Crippen molar-refractivity contribution in [3.8, 4) is 68.6 Å². The Hall–Kier alpha value is -8.62. The highest BCUT2D eigenvalue weighted by Gasteiger charge is 2.23. The monoisotopic (exact) mass is 794 g/mol. The molecule has 8 nitrogen and oxygen atoms in total. The summed E-state index contributed by atoms with van der Waals surface area (Å²) in [6.45, 7) is 0. The van der Waals surface area contributed by atoms with Crippen LogP contribution in [0.15, 0.2) is 206 Å². The average molecular weight is 795 g/mol. The minimum absolute atomic E-state index is 0.540. The summed E-state index contributed by atoms with van der Waals surface area (Å²) in [5.74, 6) is 3.55. The fourth-order valence-electron chi connectivity index (χ4n) is 8.59. The van der Waals surface area contributed by atoms with E-state index in [0.717, 1.165) is 77.1 Å². The first-order chi connectivity index (χ1) is 30.7. The molecule has 4 heterocycles. The minimum Gasteiger partial charge on any atom is -0.308 e. The molecule has 0 aliphatic heterocycles. The van der Waals surface area contributed by atoms with E-state index in [0.29, 0.717) is 35.1 Å². The Morgan fingerprint density at radius 2 is 0.629 bits per heavy atom. The van der Waals surface area contributed by atoms with Gasteiger partial charge in [-0.3, -0.25) is 4.57 Å². The van der Waals surface area contributed by atoms with Gasteiger partial charge in [0.25, 0.3) is 0 Å². The van der Waals surface area contributed by atoms with Crippen LogP contribution in [0.4, 0.5) is 0 Å². The van der Waals surface area contributed by atoms with Crippen LogP contribution >= 0.6 is 0 Å². The molecule has 0 saturated heterocycles. The van der Waals surface area contributed by atoms with Gasteiger partial charge >= 0.3 is 0 Å². The van der Waals surface area contributed by atoms with E-state index < -0.39 is 0 Å². The minimum atomic E-state index is 0.540. The van der Waals surface area contributed by atoms with Crippen LogP contribution in [0.1, 0.15) is 0 Å². The second-order valence-corrected chi connectivity index (χ2v) is 15.2. The molecule has 12 rings (SSSR count). The summed E-state index contributed by atoms with van der Waals surface area (Å²) >= 11 is 0. The lowest BCUT2D eigenvalue weighted by molar-refractivity contribution is 0.953. The fraction of sp³-hybridized carbons (Fsp3) is 0. The lowest BCUT2D eigenvalue weighted by atomic mass is 10.1. The summed E-state index contributed by atoms with van der Waals surface area (Å²) in [7, 11) is 0. The normalized spacial score (nSPS) is 11.5. The highest BCUT2D eigenvalue weighted by Crippen LogP contribution is 2.41. The van der Waals surface area contributed by atoms with Gasteiger partial charge in [0.05, 0.1) is 27.8 Å². The summed E-state index contributed by atoms with van der Waals surface area (Å²) < 4.78 is 4.52. The SMILES string of the molecule is c1ccc(-c2nc(-c3ccccc3)nc(-c3ccccc3-n3c4ccccc4c4cc5c6ccccc6n(-c6nc(-c7ccccc7)nc(-c7ccccc7)n6)c5cc43)n2)cc1. The van der Waals surface area contributed by atoms with Crippen molar-refractivity contribution in [2.24, 2.45) is 0 Å². The molecular weight excluding hydrogens is 761 g/mol. The van der Waals surface area contributed by atoms with Gasteiger partial charge in [-0.15, -0.1) is 0 Å². The summed E-state index contributed by atoms with van der Waals surface area (Å²) in [6.07, 6.45) is 0. The van der Waals surface area contributed by atoms with Crippen LogP contribution in [0.25, 0.3) is 112 Å². The van der Waals surface area contributed by atoms with Crippen molar-refractivity contribution in [2.75, 3.05) is 0 Å². The van der Waals surface area contributed by atoms with Gasteiger partial charge in [-0.05, 0) is 36.4 Å². The number of aromatic nitrogens is 8. The fourth-order valence-corrected chi connectivity index (χ4v) is 8.59. The summed E-state index contributed by atoms with van der Waals surface area (Å²) in [5.41, 5.74) is 9.56. The highest BCUT2D eigenvalue weighted by molar-refractivity contribution is 6.19. The molecule has 0 radical (unpaired) electrons. The van der Waals surface area contributed by atoms with Gasteiger partial charge in [-0.2, -0.15) is 9.97 Å². The van der Waals surface area contributed by atoms with Crippen molar-refractivity contribution in [3.63, 3.8) is 0 Å². The molecule has 0 unspecified atom stereocenters. The first-order valence-corrected chi connectivity index (χ1v) is 20.6. The van der Waals surface area contributed by atoms with Crippen LogP contribution in [0.5, 0.6) is 0 Å². The van der Waals surface area contributed by atoms with Gasteiger partial charge < -0.3 is 4.57 Å². The molecule has 4 aromatic heterocycles. The molecule has 0 aliphatic carbocycles. The van der Waals surface area contributed by atoms with Crippen LogP contribution in [0, 0.1) is 0 Å². The molecule has 8 aromatic carbocycles. The lowest BCUT2D eigenvalue weighted by Gasteiger charge is -2.15. The molecule has 0 aliphatic rings. The quantitative estimate of drug-likeness (QED) is 0.160. The topological polar surface area (TPSA) is 87.2 Å². The molecular formula is C54H34N8. The third-order valence-corrected chi connectivity index (χ3v) is 11.4. The van der Waals surface area contributed by atoms with E-state index >= 15 is 0 Å². The number of hydrogen-bond donors (Lipinski definition) is 0. The number of nitrogens with zero attached hydrogens (tertiary/aromatic N) is 8. The molecule has 0 fully saturated rings. The van der Waals surface area contributed by atoms with Gasteiger partial charge in [-0.25, -0.2) is 19.9 Å². The van der Waals surface area contributed by atoms with Gasteiger partial charge in [0, 0.05) is 49.4 Å². The predicted octanol–water partition coefficient (Wildman–Crippen LogP) is 12.6. The predicted molar refractivity (Wildman–Crippen MR) is 249 cm³/mol. The van der Waals surface area contributed by atoms with Crippen LogP contribution in [0.3, 0.4) is 0 Å². The summed E-state index contributed by atoms with van der Waals surface area (Å²) in [5, 5.41) is 4.47. The second-order valence-electron chi connectivity index (χ2n) is 15.2. The molecule has 8 heteroatoms. The van der Waals surface area contributed by atoms with E-state index in [9.17, 15) is 0 Å². The number of rotatable bonds is 7. The Bertz CT molecular complexity index is 3500. The van der Waals surface area contributed by atoms with Crippen molar-refractivity contribution >= 4 is 43.6 Å². The average Bonchev–Trinajstić information content (AvgIpc) is 3.86. The molecule has 0 N–H and O–H groups in total. The van der Waals surface area contributed by atoms with Crippen molar-refractivity contribution in [3.05, 3.63) is 206 Å². The zero-order valence-corrected chi connectivity index (χ0v) is 33.2. The number of benzene rings is 8. The molecule has 0 spiro atoms. The Morgan fingerprint density at radius 3 is 1.13 bits per heavy atom. The third-order valence-electron chi connectivity index (χ3n) is 11.4. The van der Waals surface area contributed by atoms with Crippen LogP contribution in [-0.2, 0) is 0 Å². The van der Waals surface area contributed by atoms with Crippen LogP contribution in [0.2, 0.25) is 0 Å². The molecule has 0 saturated carbocycles. The number of hydrogen-bond acceptors (Lipinski definition) is 6. The lowest BCUT2D eigenvalue weighted by Crippen LogP contribution is -2.06. The van der Waals surface area contributed by atoms with Crippen LogP contribution in [-0.4, -0.2) is 39.0 Å². The van der Waals surface area contributed by atoms with Gasteiger partial charge in [0.15, 0.2) is 29.1 Å².